The average molecular weight is 339 g/mol. The molecule has 1 aliphatic heterocycles. The highest BCUT2D eigenvalue weighted by atomic mass is 16.6. The summed E-state index contributed by atoms with van der Waals surface area (Å²) in [5.41, 5.74) is -0.929. The number of nitrogens with zero attached hydrogens (tertiary/aromatic N) is 2. The number of nitrogens with one attached hydrogen (secondary N) is 1. The zero-order chi connectivity index (χ0) is 17.7. The lowest BCUT2D eigenvalue weighted by molar-refractivity contribution is -0.385. The first kappa shape index (κ1) is 17.6. The summed E-state index contributed by atoms with van der Waals surface area (Å²) in [7, 11) is 0. The Bertz CT molecular complexity index is 694. The van der Waals surface area contributed by atoms with Gasteiger partial charge in [-0.25, -0.2) is 4.79 Å². The number of amides is 1. The highest BCUT2D eigenvalue weighted by Gasteiger charge is 2.31. The van der Waals surface area contributed by atoms with E-state index >= 15 is 0 Å². The predicted molar refractivity (Wildman–Crippen MR) is 80.5 cm³/mol. The standard InChI is InChI=1S/C14H17N3O7/c18-11(7-16-6-10(17(22)23)3-4-12(16)19)15-13(14(20)21)9-2-1-5-24-8-9/h3-4,6,9,13H,1-2,5,7-8H2,(H,15,18)(H,20,21). The first-order valence-corrected chi connectivity index (χ1v) is 7.33. The topological polar surface area (TPSA) is 141 Å². The third-order valence-electron chi connectivity index (χ3n) is 3.74. The number of hydrogen-bond acceptors (Lipinski definition) is 6. The summed E-state index contributed by atoms with van der Waals surface area (Å²) in [6.45, 7) is 0.283. The minimum atomic E-state index is -1.19. The molecule has 0 radical (unpaired) electrons. The molecule has 2 heterocycles. The van der Waals surface area contributed by atoms with Crippen LogP contribution >= 0.6 is 0 Å². The van der Waals surface area contributed by atoms with Crippen LogP contribution in [0.3, 0.4) is 0 Å². The molecule has 2 unspecified atom stereocenters. The number of nitro groups is 1. The van der Waals surface area contributed by atoms with Crippen molar-refractivity contribution in [3.05, 3.63) is 38.8 Å². The van der Waals surface area contributed by atoms with E-state index in [0.29, 0.717) is 19.4 Å². The molecule has 0 spiro atoms. The fourth-order valence-corrected chi connectivity index (χ4v) is 2.53. The van der Waals surface area contributed by atoms with Gasteiger partial charge in [0.2, 0.25) is 5.91 Å². The molecule has 130 valence electrons. The van der Waals surface area contributed by atoms with Crippen LogP contribution in [0.1, 0.15) is 12.8 Å². The molecule has 1 aliphatic rings. The second-order valence-electron chi connectivity index (χ2n) is 5.47. The molecule has 1 aromatic heterocycles. The van der Waals surface area contributed by atoms with Crippen LogP contribution in [0.2, 0.25) is 0 Å². The van der Waals surface area contributed by atoms with Crippen molar-refractivity contribution in [3.8, 4) is 0 Å². The van der Waals surface area contributed by atoms with E-state index in [4.69, 9.17) is 4.74 Å². The van der Waals surface area contributed by atoms with Crippen LogP contribution in [-0.2, 0) is 20.9 Å². The molecule has 1 fully saturated rings. The Hall–Kier alpha value is -2.75. The fourth-order valence-electron chi connectivity index (χ4n) is 2.53. The summed E-state index contributed by atoms with van der Waals surface area (Å²) in [4.78, 5) is 45.1. The van der Waals surface area contributed by atoms with Crippen LogP contribution in [0.25, 0.3) is 0 Å². The maximum absolute atomic E-state index is 12.1. The minimum absolute atomic E-state index is 0.230. The normalized spacial score (nSPS) is 18.6. The van der Waals surface area contributed by atoms with Crippen molar-refractivity contribution in [2.45, 2.75) is 25.4 Å². The highest BCUT2D eigenvalue weighted by molar-refractivity contribution is 5.83. The van der Waals surface area contributed by atoms with Crippen LogP contribution in [0.4, 0.5) is 5.69 Å². The van der Waals surface area contributed by atoms with Crippen LogP contribution < -0.4 is 10.9 Å². The third-order valence-corrected chi connectivity index (χ3v) is 3.74. The lowest BCUT2D eigenvalue weighted by Crippen LogP contribution is -2.49. The molecule has 1 saturated heterocycles. The second-order valence-corrected chi connectivity index (χ2v) is 5.47. The summed E-state index contributed by atoms with van der Waals surface area (Å²) < 4.78 is 6.09. The molecule has 1 aromatic rings. The fraction of sp³-hybridized carbons (Fsp3) is 0.500. The Kier molecular flexibility index (Phi) is 5.64. The molecule has 0 aliphatic carbocycles. The van der Waals surface area contributed by atoms with Crippen molar-refractivity contribution in [1.29, 1.82) is 0 Å². The SMILES string of the molecule is O=C(Cn1cc([N+](=O)[O-])ccc1=O)NC(C(=O)O)C1CCCOC1. The van der Waals surface area contributed by atoms with Gasteiger partial charge < -0.3 is 15.2 Å². The third kappa shape index (κ3) is 4.38. The maximum atomic E-state index is 12.1. The summed E-state index contributed by atoms with van der Waals surface area (Å²) in [6, 6.07) is 0.887. The monoisotopic (exact) mass is 339 g/mol. The number of hydrogen-bond donors (Lipinski definition) is 2. The predicted octanol–water partition coefficient (Wildman–Crippen LogP) is -0.247. The van der Waals surface area contributed by atoms with Crippen molar-refractivity contribution >= 4 is 17.6 Å². The van der Waals surface area contributed by atoms with Crippen LogP contribution in [0.15, 0.2) is 23.1 Å². The van der Waals surface area contributed by atoms with Gasteiger partial charge in [0.25, 0.3) is 11.2 Å². The van der Waals surface area contributed by atoms with E-state index in [1.165, 1.54) is 0 Å². The number of carboxylic acid groups (broad SMARTS) is 1. The summed E-state index contributed by atoms with van der Waals surface area (Å²) in [5, 5.41) is 22.4. The molecule has 0 bridgehead atoms. The number of aromatic nitrogens is 1. The Morgan fingerprint density at radius 1 is 1.50 bits per heavy atom. The largest absolute Gasteiger partial charge is 0.480 e. The van der Waals surface area contributed by atoms with Gasteiger partial charge in [-0.2, -0.15) is 0 Å². The lowest BCUT2D eigenvalue weighted by Gasteiger charge is -2.28. The van der Waals surface area contributed by atoms with Gasteiger partial charge in [-0.3, -0.25) is 24.3 Å². The Morgan fingerprint density at radius 2 is 2.25 bits per heavy atom. The summed E-state index contributed by atoms with van der Waals surface area (Å²) >= 11 is 0. The quantitative estimate of drug-likeness (QED) is 0.538. The first-order valence-electron chi connectivity index (χ1n) is 7.33. The van der Waals surface area contributed by atoms with Gasteiger partial charge in [-0.15, -0.1) is 0 Å². The zero-order valence-electron chi connectivity index (χ0n) is 12.7. The average Bonchev–Trinajstić information content (AvgIpc) is 2.55. The van der Waals surface area contributed by atoms with E-state index in [1.54, 1.807) is 0 Å². The van der Waals surface area contributed by atoms with Gasteiger partial charge in [0.05, 0.1) is 17.7 Å². The Morgan fingerprint density at radius 3 is 2.83 bits per heavy atom. The molecule has 0 saturated carbocycles. The second kappa shape index (κ2) is 7.68. The minimum Gasteiger partial charge on any atom is -0.480 e. The lowest BCUT2D eigenvalue weighted by atomic mass is 9.93. The Balaban J connectivity index is 2.08. The number of rotatable bonds is 6. The molecular weight excluding hydrogens is 322 g/mol. The number of pyridine rings is 1. The van der Waals surface area contributed by atoms with Crippen LogP contribution in [0, 0.1) is 16.0 Å². The maximum Gasteiger partial charge on any atom is 0.326 e. The number of carboxylic acids is 1. The number of carbonyl (C=O) groups is 2. The molecule has 1 amide bonds. The summed E-state index contributed by atoms with van der Waals surface area (Å²) in [6.07, 6.45) is 2.25. The smallest absolute Gasteiger partial charge is 0.326 e. The Labute approximate surface area is 136 Å². The van der Waals surface area contributed by atoms with Crippen LogP contribution in [0.5, 0.6) is 0 Å². The van der Waals surface area contributed by atoms with Crippen molar-refractivity contribution in [2.75, 3.05) is 13.2 Å². The van der Waals surface area contributed by atoms with E-state index in [-0.39, 0.29) is 18.2 Å². The van der Waals surface area contributed by atoms with Crippen molar-refractivity contribution in [2.24, 2.45) is 5.92 Å². The molecule has 24 heavy (non-hydrogen) atoms. The van der Waals surface area contributed by atoms with Gasteiger partial charge in [0, 0.05) is 24.7 Å². The van der Waals surface area contributed by atoms with Crippen molar-refractivity contribution in [3.63, 3.8) is 0 Å². The molecule has 0 aromatic carbocycles. The van der Waals surface area contributed by atoms with Gasteiger partial charge in [0.15, 0.2) is 0 Å². The van der Waals surface area contributed by atoms with Crippen LogP contribution in [-0.4, -0.2) is 45.7 Å². The van der Waals surface area contributed by atoms with E-state index in [9.17, 15) is 29.6 Å². The van der Waals surface area contributed by atoms with Gasteiger partial charge >= 0.3 is 5.97 Å². The molecule has 2 N–H and O–H groups in total. The van der Waals surface area contributed by atoms with Crippen molar-refractivity contribution < 1.29 is 24.4 Å². The highest BCUT2D eigenvalue weighted by Crippen LogP contribution is 2.18. The van der Waals surface area contributed by atoms with E-state index < -0.39 is 34.9 Å². The van der Waals surface area contributed by atoms with E-state index in [2.05, 4.69) is 5.32 Å². The zero-order valence-corrected chi connectivity index (χ0v) is 12.7. The molecular formula is C14H17N3O7. The number of aliphatic carboxylic acids is 1. The summed E-state index contributed by atoms with van der Waals surface area (Å²) in [5.74, 6) is -2.26. The van der Waals surface area contributed by atoms with Crippen molar-refractivity contribution in [1.82, 2.24) is 9.88 Å². The number of ether oxygens (including phenoxy) is 1. The molecule has 2 rings (SSSR count). The molecule has 2 atom stereocenters. The number of carbonyl (C=O) groups excluding carboxylic acids is 1. The molecule has 10 heteroatoms. The van der Waals surface area contributed by atoms with Gasteiger partial charge in [-0.05, 0) is 12.8 Å². The first-order chi connectivity index (χ1) is 11.4. The van der Waals surface area contributed by atoms with Gasteiger partial charge in [0.1, 0.15) is 12.6 Å². The van der Waals surface area contributed by atoms with E-state index in [0.717, 1.165) is 22.9 Å². The van der Waals surface area contributed by atoms with Gasteiger partial charge in [-0.1, -0.05) is 0 Å². The molecule has 10 nitrogen and oxygen atoms in total. The van der Waals surface area contributed by atoms with E-state index in [1.807, 2.05) is 0 Å².